The van der Waals surface area contributed by atoms with Crippen LogP contribution in [0.5, 0.6) is 0 Å². The average molecular weight is 315 g/mol. The molecule has 0 aromatic carbocycles. The van der Waals surface area contributed by atoms with Crippen molar-refractivity contribution >= 4 is 34.4 Å². The lowest BCUT2D eigenvalue weighted by molar-refractivity contribution is 0.0379. The first-order chi connectivity index (χ1) is 10.0. The minimum Gasteiger partial charge on any atom is -0.490 e. The second-order valence-corrected chi connectivity index (χ2v) is 4.28. The molecule has 110 valence electrons. The lowest BCUT2D eigenvalue weighted by Gasteiger charge is -2.22. The third-order valence-corrected chi connectivity index (χ3v) is 2.90. The fraction of sp³-hybridized carbons (Fsp3) is 0.100. The van der Waals surface area contributed by atoms with Crippen molar-refractivity contribution < 1.29 is 19.4 Å². The fourth-order valence-corrected chi connectivity index (χ4v) is 1.93. The second-order valence-electron chi connectivity index (χ2n) is 3.94. The molecule has 21 heavy (non-hydrogen) atoms. The van der Waals surface area contributed by atoms with E-state index in [0.29, 0.717) is 0 Å². The molecule has 0 fully saturated rings. The van der Waals surface area contributed by atoms with Crippen LogP contribution in [0.3, 0.4) is 0 Å². The van der Waals surface area contributed by atoms with E-state index in [1.165, 1.54) is 6.33 Å². The molecule has 11 heteroatoms. The van der Waals surface area contributed by atoms with Gasteiger partial charge in [0.05, 0.1) is 0 Å². The smallest absolute Gasteiger partial charge is 0.264 e. The van der Waals surface area contributed by atoms with E-state index in [4.69, 9.17) is 27.2 Å². The van der Waals surface area contributed by atoms with Crippen molar-refractivity contribution in [2.24, 2.45) is 0 Å². The van der Waals surface area contributed by atoms with Crippen LogP contribution in [0.1, 0.15) is 0 Å². The van der Waals surface area contributed by atoms with Crippen LogP contribution >= 0.6 is 11.6 Å². The standard InChI is InChI=1S/C10H8ClFN6O3/c11-10-15-7(13)6-8(16-10)17(3-14-6)5-2-21-4(1-19)9(20)18(5)12/h2-3,19-20H,1H2,(H2,13,15,16). The predicted octanol–water partition coefficient (Wildman–Crippen LogP) is 0.754. The maximum Gasteiger partial charge on any atom is 0.264 e. The number of rotatable bonds is 2. The van der Waals surface area contributed by atoms with E-state index < -0.39 is 12.5 Å². The highest BCUT2D eigenvalue weighted by molar-refractivity contribution is 6.28. The molecule has 2 aromatic heterocycles. The molecule has 0 bridgehead atoms. The van der Waals surface area contributed by atoms with Gasteiger partial charge >= 0.3 is 0 Å². The monoisotopic (exact) mass is 314 g/mol. The first-order valence-corrected chi connectivity index (χ1v) is 5.93. The first-order valence-electron chi connectivity index (χ1n) is 5.55. The van der Waals surface area contributed by atoms with Crippen molar-refractivity contribution in [2.75, 3.05) is 12.3 Å². The number of aliphatic hydroxyl groups excluding tert-OH is 2. The molecule has 0 amide bonds. The molecule has 0 radical (unpaired) electrons. The van der Waals surface area contributed by atoms with Gasteiger partial charge in [0.1, 0.15) is 19.2 Å². The van der Waals surface area contributed by atoms with Crippen LogP contribution in [0.2, 0.25) is 5.28 Å². The number of anilines is 1. The Morgan fingerprint density at radius 3 is 2.90 bits per heavy atom. The maximum atomic E-state index is 14.1. The number of fused-ring (bicyclic) bond motifs is 1. The van der Waals surface area contributed by atoms with Crippen LogP contribution in [-0.2, 0) is 4.74 Å². The molecule has 0 spiro atoms. The molecule has 0 saturated carbocycles. The van der Waals surface area contributed by atoms with Gasteiger partial charge in [-0.2, -0.15) is 9.97 Å². The van der Waals surface area contributed by atoms with Gasteiger partial charge in [-0.25, -0.2) is 4.98 Å². The van der Waals surface area contributed by atoms with Crippen LogP contribution in [0.4, 0.5) is 10.3 Å². The summed E-state index contributed by atoms with van der Waals surface area (Å²) in [5, 5.41) is 18.2. The third-order valence-electron chi connectivity index (χ3n) is 2.73. The summed E-state index contributed by atoms with van der Waals surface area (Å²) in [4.78, 5) is 11.6. The van der Waals surface area contributed by atoms with Gasteiger partial charge in [0, 0.05) is 0 Å². The van der Waals surface area contributed by atoms with Crippen LogP contribution in [0.15, 0.2) is 24.2 Å². The molecular weight excluding hydrogens is 307 g/mol. The topological polar surface area (TPSA) is 123 Å². The maximum absolute atomic E-state index is 14.1. The third kappa shape index (κ3) is 2.00. The van der Waals surface area contributed by atoms with E-state index in [-0.39, 0.29) is 39.0 Å². The van der Waals surface area contributed by atoms with Crippen LogP contribution in [0, 0.1) is 0 Å². The van der Waals surface area contributed by atoms with Gasteiger partial charge in [0.15, 0.2) is 28.6 Å². The summed E-state index contributed by atoms with van der Waals surface area (Å²) in [6.45, 7) is -0.665. The second kappa shape index (κ2) is 4.75. The van der Waals surface area contributed by atoms with Crippen molar-refractivity contribution in [3.8, 4) is 0 Å². The number of hydrogen-bond donors (Lipinski definition) is 3. The lowest BCUT2D eigenvalue weighted by atomic mass is 10.4. The van der Waals surface area contributed by atoms with Gasteiger partial charge in [-0.1, -0.05) is 4.48 Å². The fourth-order valence-electron chi connectivity index (χ4n) is 1.76. The van der Waals surface area contributed by atoms with Crippen molar-refractivity contribution in [2.45, 2.75) is 0 Å². The molecule has 4 N–H and O–H groups in total. The number of aromatic nitrogens is 4. The lowest BCUT2D eigenvalue weighted by Crippen LogP contribution is -2.23. The van der Waals surface area contributed by atoms with E-state index in [1.807, 2.05) is 0 Å². The molecule has 0 saturated heterocycles. The SMILES string of the molecule is Nc1nc(Cl)nc2c1ncn2C1=COC(CO)=C(O)N1F. The Morgan fingerprint density at radius 1 is 1.43 bits per heavy atom. The van der Waals surface area contributed by atoms with E-state index in [1.54, 1.807) is 0 Å². The van der Waals surface area contributed by atoms with E-state index in [2.05, 4.69) is 15.0 Å². The molecule has 1 aliphatic heterocycles. The Balaban J connectivity index is 2.12. The van der Waals surface area contributed by atoms with Crippen molar-refractivity contribution in [1.82, 2.24) is 24.6 Å². The number of aliphatic hydroxyl groups is 2. The largest absolute Gasteiger partial charge is 0.490 e. The summed E-state index contributed by atoms with van der Waals surface area (Å²) in [6.07, 6.45) is 2.18. The summed E-state index contributed by atoms with van der Waals surface area (Å²) in [5.41, 5.74) is 5.99. The molecular formula is C10H8ClFN6O3. The highest BCUT2D eigenvalue weighted by atomic mass is 35.5. The zero-order valence-electron chi connectivity index (χ0n) is 10.2. The van der Waals surface area contributed by atoms with E-state index in [0.717, 1.165) is 10.8 Å². The normalized spacial score (nSPS) is 15.4. The number of nitrogens with two attached hydrogens (primary N) is 1. The van der Waals surface area contributed by atoms with Gasteiger partial charge in [-0.3, -0.25) is 4.57 Å². The van der Waals surface area contributed by atoms with Crippen LogP contribution < -0.4 is 5.73 Å². The number of hydrogen-bond acceptors (Lipinski definition) is 8. The number of halogens is 2. The van der Waals surface area contributed by atoms with Gasteiger partial charge in [-0.05, 0) is 11.6 Å². The molecule has 3 rings (SSSR count). The van der Waals surface area contributed by atoms with Crippen molar-refractivity contribution in [1.29, 1.82) is 0 Å². The summed E-state index contributed by atoms with van der Waals surface area (Å²) in [5.74, 6) is -1.44. The number of imidazole rings is 1. The highest BCUT2D eigenvalue weighted by Gasteiger charge is 2.27. The molecule has 3 heterocycles. The van der Waals surface area contributed by atoms with E-state index in [9.17, 15) is 9.59 Å². The number of nitrogen functional groups attached to an aromatic ring is 1. The Kier molecular flexibility index (Phi) is 3.03. The number of ether oxygens (including phenoxy) is 1. The first kappa shape index (κ1) is 13.4. The quantitative estimate of drug-likeness (QED) is 0.548. The average Bonchev–Trinajstić information content (AvgIpc) is 2.86. The molecule has 2 aromatic rings. The molecule has 0 atom stereocenters. The van der Waals surface area contributed by atoms with Crippen molar-refractivity contribution in [3.63, 3.8) is 0 Å². The molecule has 0 unspecified atom stereocenters. The highest BCUT2D eigenvalue weighted by Crippen LogP contribution is 2.28. The Hall–Kier alpha value is -2.59. The minimum absolute atomic E-state index is 0.0299. The molecule has 0 aliphatic carbocycles. The van der Waals surface area contributed by atoms with Gasteiger partial charge in [0.2, 0.25) is 5.28 Å². The summed E-state index contributed by atoms with van der Waals surface area (Å²) < 4.78 is 20.2. The van der Waals surface area contributed by atoms with Crippen LogP contribution in [-0.4, -0.2) is 41.5 Å². The zero-order chi connectivity index (χ0) is 15.1. The van der Waals surface area contributed by atoms with E-state index >= 15 is 0 Å². The predicted molar refractivity (Wildman–Crippen MR) is 69.8 cm³/mol. The van der Waals surface area contributed by atoms with Crippen LogP contribution in [0.25, 0.3) is 17.0 Å². The Labute approximate surface area is 121 Å². The minimum atomic E-state index is -0.884. The Bertz CT molecular complexity index is 788. The Morgan fingerprint density at radius 2 is 2.19 bits per heavy atom. The zero-order valence-corrected chi connectivity index (χ0v) is 11.0. The van der Waals surface area contributed by atoms with Gasteiger partial charge < -0.3 is 20.7 Å². The summed E-state index contributed by atoms with van der Waals surface area (Å²) in [6, 6.07) is 0. The summed E-state index contributed by atoms with van der Waals surface area (Å²) >= 11 is 5.71. The van der Waals surface area contributed by atoms with Gasteiger partial charge in [0.25, 0.3) is 5.88 Å². The summed E-state index contributed by atoms with van der Waals surface area (Å²) in [7, 11) is 0. The number of nitrogens with zero attached hydrogens (tertiary/aromatic N) is 5. The molecule has 9 nitrogen and oxygen atoms in total. The molecule has 1 aliphatic rings. The van der Waals surface area contributed by atoms with Gasteiger partial charge in [-0.15, -0.1) is 5.12 Å². The van der Waals surface area contributed by atoms with Crippen molar-refractivity contribution in [3.05, 3.63) is 29.5 Å².